The Morgan fingerprint density at radius 1 is 1.05 bits per heavy atom. The van der Waals surface area contributed by atoms with Crippen molar-refractivity contribution < 1.29 is 0 Å². The Morgan fingerprint density at radius 3 is 2.48 bits per heavy atom. The molecule has 0 unspecified atom stereocenters. The van der Waals surface area contributed by atoms with Gasteiger partial charge in [0.1, 0.15) is 0 Å². The minimum absolute atomic E-state index is 0.530. The van der Waals surface area contributed by atoms with Crippen LogP contribution in [0.1, 0.15) is 19.3 Å². The van der Waals surface area contributed by atoms with Crippen LogP contribution in [-0.4, -0.2) is 44.9 Å². The van der Waals surface area contributed by atoms with Crippen LogP contribution < -0.4 is 15.5 Å². The highest BCUT2D eigenvalue weighted by Gasteiger charge is 2.16. The molecular formula is C13H20N8. The zero-order chi connectivity index (χ0) is 14.7. The van der Waals surface area contributed by atoms with Gasteiger partial charge in [-0.2, -0.15) is 20.1 Å². The molecule has 3 heterocycles. The van der Waals surface area contributed by atoms with Crippen molar-refractivity contribution in [3.05, 3.63) is 12.4 Å². The lowest BCUT2D eigenvalue weighted by molar-refractivity contribution is 0.568. The number of nitrogens with zero attached hydrogens (tertiary/aromatic N) is 6. The van der Waals surface area contributed by atoms with Crippen LogP contribution >= 0.6 is 0 Å². The van der Waals surface area contributed by atoms with Crippen molar-refractivity contribution >= 4 is 23.5 Å². The average molecular weight is 288 g/mol. The van der Waals surface area contributed by atoms with Crippen LogP contribution in [0.5, 0.6) is 0 Å². The number of nitrogens with one attached hydrogen (secondary N) is 2. The molecule has 0 atom stereocenters. The lowest BCUT2D eigenvalue weighted by atomic mass is 10.1. The summed E-state index contributed by atoms with van der Waals surface area (Å²) in [4.78, 5) is 15.5. The second kappa shape index (κ2) is 5.94. The Hall–Kier alpha value is -2.38. The van der Waals surface area contributed by atoms with E-state index in [1.54, 1.807) is 10.9 Å². The first-order valence-corrected chi connectivity index (χ1v) is 7.19. The highest BCUT2D eigenvalue weighted by Crippen LogP contribution is 2.20. The lowest BCUT2D eigenvalue weighted by Gasteiger charge is -2.26. The molecule has 0 radical (unpaired) electrons. The van der Waals surface area contributed by atoms with Gasteiger partial charge in [-0.15, -0.1) is 0 Å². The Morgan fingerprint density at radius 2 is 1.81 bits per heavy atom. The quantitative estimate of drug-likeness (QED) is 0.879. The Bertz CT molecular complexity index is 602. The molecule has 1 saturated heterocycles. The highest BCUT2D eigenvalue weighted by atomic mass is 15.3. The summed E-state index contributed by atoms with van der Waals surface area (Å²) in [6, 6.07) is 0. The number of piperidine rings is 1. The molecular weight excluding hydrogens is 268 g/mol. The summed E-state index contributed by atoms with van der Waals surface area (Å²) in [6.07, 6.45) is 7.27. The van der Waals surface area contributed by atoms with Crippen LogP contribution in [0.3, 0.4) is 0 Å². The fourth-order valence-corrected chi connectivity index (χ4v) is 2.38. The molecule has 2 aromatic rings. The van der Waals surface area contributed by atoms with Crippen molar-refractivity contribution in [3.8, 4) is 0 Å². The first kappa shape index (κ1) is 13.6. The second-order valence-electron chi connectivity index (χ2n) is 5.11. The number of aryl methyl sites for hydroxylation is 1. The van der Waals surface area contributed by atoms with Crippen molar-refractivity contribution in [2.75, 3.05) is 35.7 Å². The normalized spacial score (nSPS) is 15.0. The van der Waals surface area contributed by atoms with E-state index in [2.05, 4.69) is 35.6 Å². The van der Waals surface area contributed by atoms with Gasteiger partial charge in [-0.3, -0.25) is 4.68 Å². The van der Waals surface area contributed by atoms with Gasteiger partial charge in [-0.1, -0.05) is 0 Å². The molecule has 0 aliphatic carbocycles. The van der Waals surface area contributed by atoms with Gasteiger partial charge in [0.2, 0.25) is 17.8 Å². The summed E-state index contributed by atoms with van der Waals surface area (Å²) in [5, 5.41) is 10.3. The van der Waals surface area contributed by atoms with Crippen LogP contribution in [0.2, 0.25) is 0 Å². The molecule has 112 valence electrons. The third-order valence-corrected chi connectivity index (χ3v) is 3.45. The Labute approximate surface area is 123 Å². The summed E-state index contributed by atoms with van der Waals surface area (Å²) in [5.74, 6) is 1.82. The van der Waals surface area contributed by atoms with Crippen molar-refractivity contribution in [2.45, 2.75) is 19.3 Å². The van der Waals surface area contributed by atoms with Crippen LogP contribution in [-0.2, 0) is 7.05 Å². The van der Waals surface area contributed by atoms with Gasteiger partial charge in [0.15, 0.2) is 0 Å². The molecule has 0 bridgehead atoms. The average Bonchev–Trinajstić information content (AvgIpc) is 2.93. The standard InChI is InChI=1S/C13H20N8/c1-14-11-17-12(16-10-8-15-20(2)9-10)19-13(18-11)21-6-4-3-5-7-21/h8-9H,3-7H2,1-2H3,(H2,14,16,17,18,19). The molecule has 1 fully saturated rings. The fourth-order valence-electron chi connectivity index (χ4n) is 2.38. The highest BCUT2D eigenvalue weighted by molar-refractivity contribution is 5.54. The zero-order valence-corrected chi connectivity index (χ0v) is 12.4. The van der Waals surface area contributed by atoms with E-state index in [9.17, 15) is 0 Å². The van der Waals surface area contributed by atoms with Gasteiger partial charge in [-0.25, -0.2) is 0 Å². The molecule has 1 aliphatic heterocycles. The van der Waals surface area contributed by atoms with Crippen LogP contribution in [0.15, 0.2) is 12.4 Å². The third kappa shape index (κ3) is 3.21. The molecule has 0 saturated carbocycles. The third-order valence-electron chi connectivity index (χ3n) is 3.45. The maximum atomic E-state index is 4.53. The fraction of sp³-hybridized carbons (Fsp3) is 0.538. The van der Waals surface area contributed by atoms with E-state index >= 15 is 0 Å². The predicted molar refractivity (Wildman–Crippen MR) is 81.9 cm³/mol. The van der Waals surface area contributed by atoms with Crippen molar-refractivity contribution in [2.24, 2.45) is 7.05 Å². The van der Waals surface area contributed by atoms with Gasteiger partial charge < -0.3 is 15.5 Å². The maximum absolute atomic E-state index is 4.53. The molecule has 2 N–H and O–H groups in total. The largest absolute Gasteiger partial charge is 0.357 e. The summed E-state index contributed by atoms with van der Waals surface area (Å²) in [7, 11) is 3.68. The van der Waals surface area contributed by atoms with Crippen molar-refractivity contribution in [1.29, 1.82) is 0 Å². The summed E-state index contributed by atoms with van der Waals surface area (Å²) in [6.45, 7) is 2.00. The van der Waals surface area contributed by atoms with E-state index in [4.69, 9.17) is 0 Å². The van der Waals surface area contributed by atoms with E-state index in [0.717, 1.165) is 24.7 Å². The predicted octanol–water partition coefficient (Wildman–Crippen LogP) is 1.38. The number of aromatic nitrogens is 5. The topological polar surface area (TPSA) is 83.8 Å². The van der Waals surface area contributed by atoms with Gasteiger partial charge >= 0.3 is 0 Å². The first-order valence-electron chi connectivity index (χ1n) is 7.19. The molecule has 21 heavy (non-hydrogen) atoms. The summed E-state index contributed by atoms with van der Waals surface area (Å²) >= 11 is 0. The molecule has 8 nitrogen and oxygen atoms in total. The Kier molecular flexibility index (Phi) is 3.85. The molecule has 0 amide bonds. The molecule has 3 rings (SSSR count). The molecule has 0 spiro atoms. The number of hydrogen-bond donors (Lipinski definition) is 2. The summed E-state index contributed by atoms with van der Waals surface area (Å²) < 4.78 is 1.73. The van der Waals surface area contributed by atoms with E-state index in [-0.39, 0.29) is 0 Å². The van der Waals surface area contributed by atoms with E-state index in [1.165, 1.54) is 19.3 Å². The Balaban J connectivity index is 1.85. The second-order valence-corrected chi connectivity index (χ2v) is 5.11. The van der Waals surface area contributed by atoms with Crippen LogP contribution in [0, 0.1) is 0 Å². The van der Waals surface area contributed by atoms with Crippen LogP contribution in [0.4, 0.5) is 23.5 Å². The molecule has 8 heteroatoms. The molecule has 1 aliphatic rings. The minimum Gasteiger partial charge on any atom is -0.357 e. The van der Waals surface area contributed by atoms with Crippen LogP contribution in [0.25, 0.3) is 0 Å². The van der Waals surface area contributed by atoms with Crippen molar-refractivity contribution in [1.82, 2.24) is 24.7 Å². The zero-order valence-electron chi connectivity index (χ0n) is 12.4. The summed E-state index contributed by atoms with van der Waals surface area (Å²) in [5.41, 5.74) is 0.857. The van der Waals surface area contributed by atoms with E-state index in [0.29, 0.717) is 11.9 Å². The lowest BCUT2D eigenvalue weighted by Crippen LogP contribution is -2.31. The minimum atomic E-state index is 0.530. The van der Waals surface area contributed by atoms with Gasteiger partial charge in [-0.05, 0) is 19.3 Å². The van der Waals surface area contributed by atoms with Gasteiger partial charge in [0.25, 0.3) is 0 Å². The number of hydrogen-bond acceptors (Lipinski definition) is 7. The van der Waals surface area contributed by atoms with Crippen molar-refractivity contribution in [3.63, 3.8) is 0 Å². The number of rotatable bonds is 4. The van der Waals surface area contributed by atoms with Gasteiger partial charge in [0.05, 0.1) is 11.9 Å². The maximum Gasteiger partial charge on any atom is 0.233 e. The van der Waals surface area contributed by atoms with Gasteiger partial charge in [0, 0.05) is 33.4 Å². The van der Waals surface area contributed by atoms with E-state index in [1.807, 2.05) is 20.3 Å². The van der Waals surface area contributed by atoms with E-state index < -0.39 is 0 Å². The SMILES string of the molecule is CNc1nc(Nc2cnn(C)c2)nc(N2CCCCC2)n1. The monoisotopic (exact) mass is 288 g/mol. The number of anilines is 4. The molecule has 0 aromatic carbocycles. The first-order chi connectivity index (χ1) is 10.2. The molecule has 2 aromatic heterocycles. The smallest absolute Gasteiger partial charge is 0.233 e.